The molecule has 3 N–H and O–H groups in total. The summed E-state index contributed by atoms with van der Waals surface area (Å²) in [5.41, 5.74) is 8.88. The van der Waals surface area contributed by atoms with Crippen LogP contribution < -0.4 is 11.1 Å². The Balaban J connectivity index is 1.47. The largest absolute Gasteiger partial charge is 0.387 e. The molecule has 5 rings (SSSR count). The van der Waals surface area contributed by atoms with E-state index in [1.54, 1.807) is 17.5 Å². The van der Waals surface area contributed by atoms with Crippen molar-refractivity contribution in [1.29, 1.82) is 0 Å². The van der Waals surface area contributed by atoms with Gasteiger partial charge in [-0.15, -0.1) is 10.2 Å². The van der Waals surface area contributed by atoms with Crippen LogP contribution in [0.3, 0.4) is 0 Å². The van der Waals surface area contributed by atoms with E-state index in [0.29, 0.717) is 12.0 Å². The average molecular weight is 406 g/mol. The van der Waals surface area contributed by atoms with E-state index >= 15 is 0 Å². The van der Waals surface area contributed by atoms with Crippen LogP contribution in [0.1, 0.15) is 36.6 Å². The number of rotatable bonds is 4. The van der Waals surface area contributed by atoms with E-state index < -0.39 is 0 Å². The first kappa shape index (κ1) is 18.2. The molecule has 29 heavy (non-hydrogen) atoms. The van der Waals surface area contributed by atoms with Gasteiger partial charge < -0.3 is 11.1 Å². The molecule has 7 nitrogen and oxygen atoms in total. The van der Waals surface area contributed by atoms with Crippen molar-refractivity contribution in [2.75, 3.05) is 12.4 Å². The highest BCUT2D eigenvalue weighted by Gasteiger charge is 2.24. The molecular weight excluding hydrogens is 382 g/mol. The summed E-state index contributed by atoms with van der Waals surface area (Å²) in [6.45, 7) is 0. The summed E-state index contributed by atoms with van der Waals surface area (Å²) in [6.07, 6.45) is 9.99. The molecule has 0 radical (unpaired) electrons. The van der Waals surface area contributed by atoms with Gasteiger partial charge >= 0.3 is 0 Å². The van der Waals surface area contributed by atoms with Gasteiger partial charge in [-0.3, -0.25) is 4.57 Å². The minimum absolute atomic E-state index is 0.338. The van der Waals surface area contributed by atoms with E-state index in [1.165, 1.54) is 0 Å². The van der Waals surface area contributed by atoms with Crippen LogP contribution in [0.4, 0.5) is 5.69 Å². The fourth-order valence-electron chi connectivity index (χ4n) is 3.98. The van der Waals surface area contributed by atoms with Crippen LogP contribution in [-0.2, 0) is 0 Å². The maximum atomic E-state index is 6.04. The second kappa shape index (κ2) is 7.53. The lowest BCUT2D eigenvalue weighted by molar-refractivity contribution is 0.393. The fourth-order valence-corrected chi connectivity index (χ4v) is 5.02. The molecule has 1 aliphatic rings. The van der Waals surface area contributed by atoms with E-state index in [0.717, 1.165) is 63.8 Å². The summed E-state index contributed by atoms with van der Waals surface area (Å²) in [5.74, 6) is 1.29. The number of nitrogens with one attached hydrogen (secondary N) is 1. The molecule has 1 saturated carbocycles. The molecule has 4 aromatic heterocycles. The summed E-state index contributed by atoms with van der Waals surface area (Å²) < 4.78 is 2.00. The zero-order chi connectivity index (χ0) is 19.8. The van der Waals surface area contributed by atoms with Crippen LogP contribution in [0.25, 0.3) is 27.4 Å². The van der Waals surface area contributed by atoms with Gasteiger partial charge in [0.2, 0.25) is 0 Å². The summed E-state index contributed by atoms with van der Waals surface area (Å²) >= 11 is 1.67. The number of nitrogens with two attached hydrogens (primary N) is 1. The molecule has 0 unspecified atom stereocenters. The highest BCUT2D eigenvalue weighted by atomic mass is 32.1. The van der Waals surface area contributed by atoms with Gasteiger partial charge in [0.1, 0.15) is 16.5 Å². The average Bonchev–Trinajstić information content (AvgIpc) is 3.41. The van der Waals surface area contributed by atoms with E-state index in [1.807, 2.05) is 48.3 Å². The van der Waals surface area contributed by atoms with Crippen LogP contribution in [0.5, 0.6) is 0 Å². The first-order valence-corrected chi connectivity index (χ1v) is 10.7. The van der Waals surface area contributed by atoms with Crippen molar-refractivity contribution < 1.29 is 0 Å². The number of aromatic nitrogens is 5. The smallest absolute Gasteiger partial charge is 0.151 e. The number of hydrogen-bond donors (Lipinski definition) is 2. The molecule has 0 bridgehead atoms. The molecule has 0 atom stereocenters. The van der Waals surface area contributed by atoms with Crippen molar-refractivity contribution >= 4 is 28.1 Å². The number of hydrogen-bond acceptors (Lipinski definition) is 7. The summed E-state index contributed by atoms with van der Waals surface area (Å²) in [6, 6.07) is 8.40. The van der Waals surface area contributed by atoms with Crippen molar-refractivity contribution in [2.45, 2.75) is 37.6 Å². The van der Waals surface area contributed by atoms with Gasteiger partial charge in [-0.25, -0.2) is 9.97 Å². The Hall–Kier alpha value is -2.84. The summed E-state index contributed by atoms with van der Waals surface area (Å²) in [7, 11) is 1.92. The molecule has 0 aromatic carbocycles. The first-order valence-electron chi connectivity index (χ1n) is 9.92. The monoisotopic (exact) mass is 405 g/mol. The Morgan fingerprint density at radius 3 is 2.83 bits per heavy atom. The Morgan fingerprint density at radius 2 is 2.00 bits per heavy atom. The Bertz CT molecular complexity index is 1140. The zero-order valence-electron chi connectivity index (χ0n) is 16.2. The standard InChI is InChI=1S/C21H23N7S/c1-23-17-11-18(28-10-8-13-3-2-9-24-19(13)28)25-12-16(17)21-27-26-20(29-21)14-4-6-15(22)7-5-14/h2-3,8-12,14-15H,4-7,22H2,1H3,(H,23,25). The SMILES string of the molecule is CNc1cc(-n2ccc3cccnc32)ncc1-c1nnc(C2CCC(N)CC2)s1. The quantitative estimate of drug-likeness (QED) is 0.534. The fraction of sp³-hybridized carbons (Fsp3) is 0.333. The zero-order valence-corrected chi connectivity index (χ0v) is 17.1. The molecule has 4 heterocycles. The van der Waals surface area contributed by atoms with Gasteiger partial charge in [0, 0.05) is 54.7 Å². The van der Waals surface area contributed by atoms with Gasteiger partial charge in [0.05, 0.1) is 5.56 Å². The van der Waals surface area contributed by atoms with E-state index in [2.05, 4.69) is 20.5 Å². The molecule has 4 aromatic rings. The van der Waals surface area contributed by atoms with Crippen molar-refractivity contribution in [1.82, 2.24) is 24.7 Å². The third-order valence-corrected chi connectivity index (χ3v) is 6.77. The number of fused-ring (bicyclic) bond motifs is 1. The second-order valence-corrected chi connectivity index (χ2v) is 8.51. The summed E-state index contributed by atoms with van der Waals surface area (Å²) in [5, 5.41) is 15.3. The molecule has 148 valence electrons. The molecule has 0 amide bonds. The van der Waals surface area contributed by atoms with Crippen LogP contribution >= 0.6 is 11.3 Å². The highest BCUT2D eigenvalue weighted by molar-refractivity contribution is 7.14. The Labute approximate surface area is 173 Å². The van der Waals surface area contributed by atoms with Gasteiger partial charge in [-0.1, -0.05) is 11.3 Å². The Morgan fingerprint density at radius 1 is 1.14 bits per heavy atom. The van der Waals surface area contributed by atoms with Crippen LogP contribution in [0.15, 0.2) is 42.9 Å². The predicted molar refractivity (Wildman–Crippen MR) is 116 cm³/mol. The number of pyridine rings is 2. The van der Waals surface area contributed by atoms with Crippen LogP contribution in [0.2, 0.25) is 0 Å². The lowest BCUT2D eigenvalue weighted by Gasteiger charge is -2.23. The normalized spacial score (nSPS) is 19.5. The molecule has 1 fully saturated rings. The Kier molecular flexibility index (Phi) is 4.73. The number of anilines is 1. The minimum atomic E-state index is 0.338. The highest BCUT2D eigenvalue weighted by Crippen LogP contribution is 2.38. The van der Waals surface area contributed by atoms with Crippen LogP contribution in [-0.4, -0.2) is 37.8 Å². The maximum Gasteiger partial charge on any atom is 0.151 e. The second-order valence-electron chi connectivity index (χ2n) is 7.50. The predicted octanol–water partition coefficient (Wildman–Crippen LogP) is 3.97. The molecule has 0 aliphatic heterocycles. The molecule has 0 spiro atoms. The van der Waals surface area contributed by atoms with Gasteiger partial charge in [0.25, 0.3) is 0 Å². The molecule has 8 heteroatoms. The molecule has 1 aliphatic carbocycles. The minimum Gasteiger partial charge on any atom is -0.387 e. The van der Waals surface area contributed by atoms with Crippen molar-refractivity contribution in [3.8, 4) is 16.4 Å². The van der Waals surface area contributed by atoms with E-state index in [9.17, 15) is 0 Å². The van der Waals surface area contributed by atoms with Crippen LogP contribution in [0, 0.1) is 0 Å². The van der Waals surface area contributed by atoms with Gasteiger partial charge in [0.15, 0.2) is 5.01 Å². The van der Waals surface area contributed by atoms with Crippen molar-refractivity contribution in [2.24, 2.45) is 5.73 Å². The molecule has 0 saturated heterocycles. The third kappa shape index (κ3) is 3.38. The first-order chi connectivity index (χ1) is 14.2. The topological polar surface area (TPSA) is 94.5 Å². The van der Waals surface area contributed by atoms with Gasteiger partial charge in [-0.2, -0.15) is 0 Å². The number of nitrogens with zero attached hydrogens (tertiary/aromatic N) is 5. The van der Waals surface area contributed by atoms with E-state index in [4.69, 9.17) is 10.7 Å². The maximum absolute atomic E-state index is 6.04. The van der Waals surface area contributed by atoms with E-state index in [-0.39, 0.29) is 0 Å². The lowest BCUT2D eigenvalue weighted by atomic mass is 9.87. The lowest BCUT2D eigenvalue weighted by Crippen LogP contribution is -2.25. The van der Waals surface area contributed by atoms with Gasteiger partial charge in [-0.05, 0) is 43.9 Å². The summed E-state index contributed by atoms with van der Waals surface area (Å²) in [4.78, 5) is 9.18. The van der Waals surface area contributed by atoms with Crippen molar-refractivity contribution in [3.05, 3.63) is 47.9 Å². The third-order valence-electron chi connectivity index (χ3n) is 5.65. The molecular formula is C21H23N7S. The van der Waals surface area contributed by atoms with Crippen molar-refractivity contribution in [3.63, 3.8) is 0 Å².